The fraction of sp³-hybridized carbons (Fsp3) is 0.800. The summed E-state index contributed by atoms with van der Waals surface area (Å²) in [6.45, 7) is 4.22. The van der Waals surface area contributed by atoms with Gasteiger partial charge in [0.05, 0.1) is 6.54 Å². The molecular weight excluding hydrogens is 288 g/mol. The van der Waals surface area contributed by atoms with E-state index in [9.17, 15) is 14.4 Å². The van der Waals surface area contributed by atoms with Crippen molar-refractivity contribution < 1.29 is 24.6 Å². The Morgan fingerprint density at radius 3 is 2.27 bits per heavy atom. The van der Waals surface area contributed by atoms with Crippen LogP contribution in [0.2, 0.25) is 0 Å². The second kappa shape index (κ2) is 12.0. The fourth-order valence-electron chi connectivity index (χ4n) is 2.03. The zero-order valence-electron chi connectivity index (χ0n) is 13.5. The Kier molecular flexibility index (Phi) is 11.1. The quantitative estimate of drug-likeness (QED) is 0.440. The minimum absolute atomic E-state index is 0.191. The summed E-state index contributed by atoms with van der Waals surface area (Å²) in [5, 5.41) is 20.0. The standard InChI is InChI=1S/C15H28N2O5/c1-12(2)6-4-3-5-7-13(18)17(11-15(21)22)9-8-16-10-14(19)20/h12,16H,3-11H2,1-2H3,(H,19,20)(H,21,22). The molecule has 0 saturated heterocycles. The number of carboxylic acids is 2. The van der Waals surface area contributed by atoms with Crippen molar-refractivity contribution in [2.45, 2.75) is 46.0 Å². The van der Waals surface area contributed by atoms with Crippen molar-refractivity contribution in [3.63, 3.8) is 0 Å². The van der Waals surface area contributed by atoms with Crippen molar-refractivity contribution >= 4 is 17.8 Å². The SMILES string of the molecule is CC(C)CCCCCC(=O)N(CCNCC(=O)O)CC(=O)O. The Morgan fingerprint density at radius 2 is 1.73 bits per heavy atom. The van der Waals surface area contributed by atoms with Gasteiger partial charge in [-0.2, -0.15) is 0 Å². The van der Waals surface area contributed by atoms with E-state index in [1.54, 1.807) is 0 Å². The van der Waals surface area contributed by atoms with Crippen LogP contribution in [0, 0.1) is 5.92 Å². The monoisotopic (exact) mass is 316 g/mol. The van der Waals surface area contributed by atoms with Crippen molar-refractivity contribution in [3.05, 3.63) is 0 Å². The lowest BCUT2D eigenvalue weighted by molar-refractivity contribution is -0.144. The number of carboxylic acid groups (broad SMARTS) is 2. The van der Waals surface area contributed by atoms with Gasteiger partial charge in [-0.25, -0.2) is 0 Å². The van der Waals surface area contributed by atoms with Crippen molar-refractivity contribution in [1.29, 1.82) is 0 Å². The molecule has 0 aromatic heterocycles. The van der Waals surface area contributed by atoms with Crippen molar-refractivity contribution in [2.75, 3.05) is 26.2 Å². The number of hydrogen-bond acceptors (Lipinski definition) is 4. The maximum atomic E-state index is 12.0. The van der Waals surface area contributed by atoms with Gasteiger partial charge in [-0.15, -0.1) is 0 Å². The minimum Gasteiger partial charge on any atom is -0.480 e. The van der Waals surface area contributed by atoms with Crippen LogP contribution in [0.4, 0.5) is 0 Å². The Labute approximate surface area is 131 Å². The molecule has 0 aliphatic carbocycles. The maximum Gasteiger partial charge on any atom is 0.323 e. The third kappa shape index (κ3) is 12.1. The highest BCUT2D eigenvalue weighted by atomic mass is 16.4. The van der Waals surface area contributed by atoms with E-state index in [-0.39, 0.29) is 32.1 Å². The molecule has 22 heavy (non-hydrogen) atoms. The molecule has 0 atom stereocenters. The Morgan fingerprint density at radius 1 is 1.05 bits per heavy atom. The molecule has 128 valence electrons. The zero-order chi connectivity index (χ0) is 17.0. The Bertz CT molecular complexity index is 358. The topological polar surface area (TPSA) is 107 Å². The first-order valence-electron chi connectivity index (χ1n) is 7.75. The molecule has 0 aromatic rings. The predicted molar refractivity (Wildman–Crippen MR) is 82.6 cm³/mol. The molecule has 0 heterocycles. The summed E-state index contributed by atoms with van der Waals surface area (Å²) in [5.41, 5.74) is 0. The number of amides is 1. The molecule has 7 nitrogen and oxygen atoms in total. The van der Waals surface area contributed by atoms with E-state index in [2.05, 4.69) is 19.2 Å². The van der Waals surface area contributed by atoms with Crippen molar-refractivity contribution in [2.24, 2.45) is 5.92 Å². The van der Waals surface area contributed by atoms with Gasteiger partial charge in [-0.05, 0) is 12.3 Å². The van der Waals surface area contributed by atoms with E-state index in [1.807, 2.05) is 0 Å². The zero-order valence-corrected chi connectivity index (χ0v) is 13.5. The summed E-state index contributed by atoms with van der Waals surface area (Å²) < 4.78 is 0. The summed E-state index contributed by atoms with van der Waals surface area (Å²) in [6.07, 6.45) is 4.26. The number of rotatable bonds is 13. The van der Waals surface area contributed by atoms with Gasteiger partial charge in [-0.1, -0.05) is 33.1 Å². The number of unbranched alkanes of at least 4 members (excludes halogenated alkanes) is 2. The molecule has 3 N–H and O–H groups in total. The van der Waals surface area contributed by atoms with E-state index in [4.69, 9.17) is 10.2 Å². The number of hydrogen-bond donors (Lipinski definition) is 3. The summed E-state index contributed by atoms with van der Waals surface area (Å²) in [4.78, 5) is 34.5. The molecule has 7 heteroatoms. The van der Waals surface area contributed by atoms with Crippen molar-refractivity contribution in [1.82, 2.24) is 10.2 Å². The van der Waals surface area contributed by atoms with Crippen LogP contribution in [0.25, 0.3) is 0 Å². The normalized spacial score (nSPS) is 10.7. The first-order chi connectivity index (χ1) is 10.3. The van der Waals surface area contributed by atoms with Crippen LogP contribution in [0.1, 0.15) is 46.0 Å². The van der Waals surface area contributed by atoms with Gasteiger partial charge in [0.25, 0.3) is 0 Å². The summed E-state index contributed by atoms with van der Waals surface area (Å²) in [7, 11) is 0. The third-order valence-corrected chi connectivity index (χ3v) is 3.19. The first kappa shape index (κ1) is 20.4. The van der Waals surface area contributed by atoms with Crippen LogP contribution < -0.4 is 5.32 Å². The maximum absolute atomic E-state index is 12.0. The van der Waals surface area contributed by atoms with Crippen LogP contribution >= 0.6 is 0 Å². The number of carbonyl (C=O) groups is 3. The summed E-state index contributed by atoms with van der Waals surface area (Å²) in [6, 6.07) is 0. The average molecular weight is 316 g/mol. The molecule has 0 aromatic carbocycles. The molecule has 0 aliphatic rings. The molecule has 0 rings (SSSR count). The van der Waals surface area contributed by atoms with E-state index in [0.29, 0.717) is 12.3 Å². The molecule has 0 saturated carbocycles. The fourth-order valence-corrected chi connectivity index (χ4v) is 2.03. The van der Waals surface area contributed by atoms with Gasteiger partial charge in [0, 0.05) is 19.5 Å². The van der Waals surface area contributed by atoms with Gasteiger partial charge in [0.2, 0.25) is 5.91 Å². The highest BCUT2D eigenvalue weighted by Gasteiger charge is 2.16. The largest absolute Gasteiger partial charge is 0.480 e. The number of nitrogens with zero attached hydrogens (tertiary/aromatic N) is 1. The van der Waals surface area contributed by atoms with E-state index < -0.39 is 11.9 Å². The van der Waals surface area contributed by atoms with Crippen LogP contribution in [-0.4, -0.2) is 59.1 Å². The molecule has 0 radical (unpaired) electrons. The lowest BCUT2D eigenvalue weighted by Crippen LogP contribution is -2.40. The molecule has 0 bridgehead atoms. The first-order valence-corrected chi connectivity index (χ1v) is 7.75. The Balaban J connectivity index is 4.05. The third-order valence-electron chi connectivity index (χ3n) is 3.19. The highest BCUT2D eigenvalue weighted by Crippen LogP contribution is 2.10. The smallest absolute Gasteiger partial charge is 0.323 e. The minimum atomic E-state index is -1.06. The van der Waals surface area contributed by atoms with Gasteiger partial charge in [0.15, 0.2) is 0 Å². The predicted octanol–water partition coefficient (Wildman–Crippen LogP) is 1.18. The molecule has 0 unspecified atom stereocenters. The lowest BCUT2D eigenvalue weighted by Gasteiger charge is -2.20. The molecule has 0 aliphatic heterocycles. The molecule has 0 spiro atoms. The summed E-state index contributed by atoms with van der Waals surface area (Å²) >= 11 is 0. The number of aliphatic carboxylic acids is 2. The highest BCUT2D eigenvalue weighted by molar-refractivity contribution is 5.81. The van der Waals surface area contributed by atoms with Crippen LogP contribution in [0.5, 0.6) is 0 Å². The van der Waals surface area contributed by atoms with Gasteiger partial charge < -0.3 is 20.4 Å². The number of nitrogens with one attached hydrogen (secondary N) is 1. The average Bonchev–Trinajstić information content (AvgIpc) is 2.40. The molecule has 0 fully saturated rings. The van der Waals surface area contributed by atoms with Gasteiger partial charge >= 0.3 is 11.9 Å². The number of carbonyl (C=O) groups excluding carboxylic acids is 1. The summed E-state index contributed by atoms with van der Waals surface area (Å²) in [5.74, 6) is -1.59. The van der Waals surface area contributed by atoms with Crippen molar-refractivity contribution in [3.8, 4) is 0 Å². The molecule has 1 amide bonds. The van der Waals surface area contributed by atoms with Crippen LogP contribution in [0.3, 0.4) is 0 Å². The second-order valence-electron chi connectivity index (χ2n) is 5.77. The van der Waals surface area contributed by atoms with E-state index >= 15 is 0 Å². The molecular formula is C15H28N2O5. The Hall–Kier alpha value is -1.63. The van der Waals surface area contributed by atoms with E-state index in [1.165, 1.54) is 4.90 Å². The van der Waals surface area contributed by atoms with Gasteiger partial charge in [-0.3, -0.25) is 14.4 Å². The lowest BCUT2D eigenvalue weighted by atomic mass is 10.0. The van der Waals surface area contributed by atoms with Gasteiger partial charge in [0.1, 0.15) is 6.54 Å². The van der Waals surface area contributed by atoms with Crippen LogP contribution in [-0.2, 0) is 14.4 Å². The second-order valence-corrected chi connectivity index (χ2v) is 5.77. The van der Waals surface area contributed by atoms with Crippen LogP contribution in [0.15, 0.2) is 0 Å². The van der Waals surface area contributed by atoms with E-state index in [0.717, 1.165) is 25.7 Å².